The van der Waals surface area contributed by atoms with E-state index in [9.17, 15) is 33.6 Å². The number of ketones is 1. The van der Waals surface area contributed by atoms with Gasteiger partial charge in [-0.2, -0.15) is 0 Å². The van der Waals surface area contributed by atoms with Gasteiger partial charge in [0, 0.05) is 44.7 Å². The molecule has 12 heteroatoms. The number of rotatable bonds is 12. The highest BCUT2D eigenvalue weighted by Crippen LogP contribution is 2.28. The van der Waals surface area contributed by atoms with Gasteiger partial charge in [0.15, 0.2) is 5.78 Å². The summed E-state index contributed by atoms with van der Waals surface area (Å²) in [4.78, 5) is 85.6. The summed E-state index contributed by atoms with van der Waals surface area (Å²) in [6, 6.07) is 0. The number of nitrogens with zero attached hydrogens (tertiary/aromatic N) is 2. The molecular formula is C21H30N4O7S. The van der Waals surface area contributed by atoms with Gasteiger partial charge < -0.3 is 10.6 Å². The summed E-state index contributed by atoms with van der Waals surface area (Å²) in [5.41, 5.74) is 0. The Kier molecular flexibility index (Phi) is 9.56. The third-order valence-corrected chi connectivity index (χ3v) is 6.42. The molecule has 2 rings (SSSR count). The second kappa shape index (κ2) is 11.9. The van der Waals surface area contributed by atoms with Crippen molar-refractivity contribution in [2.75, 3.05) is 26.2 Å². The van der Waals surface area contributed by atoms with Crippen LogP contribution in [0.5, 0.6) is 0 Å². The molecule has 2 fully saturated rings. The van der Waals surface area contributed by atoms with E-state index < -0.39 is 23.0 Å². The lowest BCUT2D eigenvalue weighted by atomic mass is 10.1. The zero-order valence-corrected chi connectivity index (χ0v) is 19.9. The van der Waals surface area contributed by atoms with Crippen LogP contribution < -0.4 is 10.6 Å². The van der Waals surface area contributed by atoms with Gasteiger partial charge in [-0.15, -0.1) is 11.8 Å². The van der Waals surface area contributed by atoms with Crippen LogP contribution in [0.3, 0.4) is 0 Å². The van der Waals surface area contributed by atoms with Gasteiger partial charge >= 0.3 is 0 Å². The molecule has 0 aromatic rings. The van der Waals surface area contributed by atoms with Gasteiger partial charge in [-0.05, 0) is 5.25 Å². The van der Waals surface area contributed by atoms with E-state index in [4.69, 9.17) is 0 Å². The van der Waals surface area contributed by atoms with Crippen molar-refractivity contribution in [2.45, 2.75) is 57.0 Å². The summed E-state index contributed by atoms with van der Waals surface area (Å²) in [6.07, 6.45) is 0.0577. The van der Waals surface area contributed by atoms with Gasteiger partial charge in [-0.25, -0.2) is 0 Å². The van der Waals surface area contributed by atoms with E-state index >= 15 is 0 Å². The second-order valence-electron chi connectivity index (χ2n) is 8.35. The minimum absolute atomic E-state index is 0.00496. The lowest BCUT2D eigenvalue weighted by molar-refractivity contribution is -0.142. The van der Waals surface area contributed by atoms with Gasteiger partial charge in [0.2, 0.25) is 35.4 Å². The molecule has 2 aliphatic rings. The topological polar surface area (TPSA) is 150 Å². The molecule has 11 nitrogen and oxygen atoms in total. The molecule has 0 saturated carbocycles. The zero-order chi connectivity index (χ0) is 24.7. The van der Waals surface area contributed by atoms with E-state index in [1.165, 1.54) is 11.8 Å². The van der Waals surface area contributed by atoms with Crippen LogP contribution in [0.2, 0.25) is 0 Å². The van der Waals surface area contributed by atoms with Crippen LogP contribution >= 0.6 is 11.8 Å². The SMILES string of the molecule is CC(C)SC1CC(=O)N(CCC(=O)NCC(=O)NCCC(=O)CN2C(=O)CC(C)C2=O)C1=O. The minimum Gasteiger partial charge on any atom is -0.354 e. The minimum atomic E-state index is -0.514. The predicted molar refractivity (Wildman–Crippen MR) is 119 cm³/mol. The molecule has 0 spiro atoms. The largest absolute Gasteiger partial charge is 0.354 e. The molecule has 2 unspecified atom stereocenters. The number of nitrogens with one attached hydrogen (secondary N) is 2. The van der Waals surface area contributed by atoms with Gasteiger partial charge in [-0.1, -0.05) is 20.8 Å². The fourth-order valence-electron chi connectivity index (χ4n) is 3.48. The molecule has 0 bridgehead atoms. The third-order valence-electron chi connectivity index (χ3n) is 5.18. The van der Waals surface area contributed by atoms with Crippen LogP contribution in [-0.4, -0.2) is 87.7 Å². The van der Waals surface area contributed by atoms with Crippen molar-refractivity contribution in [3.63, 3.8) is 0 Å². The average molecular weight is 483 g/mol. The van der Waals surface area contributed by atoms with Crippen molar-refractivity contribution < 1.29 is 33.6 Å². The normalized spacial score (nSPS) is 20.7. The molecule has 2 saturated heterocycles. The van der Waals surface area contributed by atoms with E-state index in [0.29, 0.717) is 0 Å². The van der Waals surface area contributed by atoms with Crippen LogP contribution in [0.25, 0.3) is 0 Å². The summed E-state index contributed by atoms with van der Waals surface area (Å²) in [5.74, 6) is -3.12. The standard InChI is InChI=1S/C21H30N4O7S/c1-12(2)33-15-9-19(30)24(21(15)32)7-5-16(27)23-10-17(28)22-6-4-14(26)11-25-18(29)8-13(3)20(25)31/h12-13,15H,4-11H2,1-3H3,(H,22,28)(H,23,27). The molecule has 2 atom stereocenters. The lowest BCUT2D eigenvalue weighted by Gasteiger charge is -2.15. The maximum Gasteiger partial charge on any atom is 0.242 e. The van der Waals surface area contributed by atoms with E-state index in [-0.39, 0.29) is 86.5 Å². The fraction of sp³-hybridized carbons (Fsp3) is 0.667. The monoisotopic (exact) mass is 482 g/mol. The van der Waals surface area contributed by atoms with Crippen LogP contribution in [0.4, 0.5) is 0 Å². The molecular weight excluding hydrogens is 452 g/mol. The zero-order valence-electron chi connectivity index (χ0n) is 19.0. The quantitative estimate of drug-likeness (QED) is 0.344. The van der Waals surface area contributed by atoms with Crippen molar-refractivity contribution in [3.8, 4) is 0 Å². The first-order chi connectivity index (χ1) is 15.5. The van der Waals surface area contributed by atoms with E-state index in [2.05, 4.69) is 10.6 Å². The number of Topliss-reactive ketones (excluding diaryl/α,β-unsaturated/α-hetero) is 1. The molecule has 0 aromatic carbocycles. The average Bonchev–Trinajstić information content (AvgIpc) is 3.13. The molecule has 0 aliphatic carbocycles. The maximum absolute atomic E-state index is 12.3. The molecule has 6 amide bonds. The van der Waals surface area contributed by atoms with Crippen LogP contribution in [0.15, 0.2) is 0 Å². The van der Waals surface area contributed by atoms with Crippen molar-refractivity contribution in [1.82, 2.24) is 20.4 Å². The van der Waals surface area contributed by atoms with Crippen LogP contribution in [0, 0.1) is 5.92 Å². The van der Waals surface area contributed by atoms with Crippen LogP contribution in [0.1, 0.15) is 46.5 Å². The number of thioether (sulfide) groups is 1. The van der Waals surface area contributed by atoms with Gasteiger partial charge in [0.05, 0.1) is 18.3 Å². The fourth-order valence-corrected chi connectivity index (χ4v) is 4.62. The second-order valence-corrected chi connectivity index (χ2v) is 10.1. The smallest absolute Gasteiger partial charge is 0.242 e. The number of carbonyl (C=O) groups is 7. The first-order valence-corrected chi connectivity index (χ1v) is 11.8. The Morgan fingerprint density at radius 2 is 1.61 bits per heavy atom. The Bertz CT molecular complexity index is 844. The Balaban J connectivity index is 1.61. The Hall–Kier alpha value is -2.76. The summed E-state index contributed by atoms with van der Waals surface area (Å²) in [6.45, 7) is 4.85. The summed E-state index contributed by atoms with van der Waals surface area (Å²) < 4.78 is 0. The summed E-state index contributed by atoms with van der Waals surface area (Å²) in [5, 5.41) is 4.67. The first kappa shape index (κ1) is 26.5. The molecule has 2 heterocycles. The number of hydrogen-bond acceptors (Lipinski definition) is 8. The third kappa shape index (κ3) is 7.65. The number of imide groups is 2. The van der Waals surface area contributed by atoms with E-state index in [1.807, 2.05) is 13.8 Å². The lowest BCUT2D eigenvalue weighted by Crippen LogP contribution is -2.40. The number of amides is 6. The molecule has 2 N–H and O–H groups in total. The molecule has 2 aliphatic heterocycles. The molecule has 0 radical (unpaired) electrons. The van der Waals surface area contributed by atoms with Crippen LogP contribution in [-0.2, 0) is 33.6 Å². The number of carbonyl (C=O) groups excluding carboxylic acids is 7. The van der Waals surface area contributed by atoms with Gasteiger partial charge in [-0.3, -0.25) is 43.4 Å². The van der Waals surface area contributed by atoms with Crippen molar-refractivity contribution in [2.24, 2.45) is 5.92 Å². The summed E-state index contributed by atoms with van der Waals surface area (Å²) >= 11 is 1.42. The highest BCUT2D eigenvalue weighted by atomic mass is 32.2. The number of likely N-dealkylation sites (tertiary alicyclic amines) is 2. The van der Waals surface area contributed by atoms with Crippen molar-refractivity contribution in [3.05, 3.63) is 0 Å². The highest BCUT2D eigenvalue weighted by Gasteiger charge is 2.39. The molecule has 182 valence electrons. The summed E-state index contributed by atoms with van der Waals surface area (Å²) in [7, 11) is 0. The Morgan fingerprint density at radius 1 is 0.939 bits per heavy atom. The Morgan fingerprint density at radius 3 is 2.21 bits per heavy atom. The molecule has 33 heavy (non-hydrogen) atoms. The van der Waals surface area contributed by atoms with Gasteiger partial charge in [0.25, 0.3) is 0 Å². The number of hydrogen-bond donors (Lipinski definition) is 2. The molecule has 0 aromatic heterocycles. The highest BCUT2D eigenvalue weighted by molar-refractivity contribution is 8.01. The van der Waals surface area contributed by atoms with Crippen molar-refractivity contribution >= 4 is 53.0 Å². The maximum atomic E-state index is 12.3. The van der Waals surface area contributed by atoms with Crippen molar-refractivity contribution in [1.29, 1.82) is 0 Å². The van der Waals surface area contributed by atoms with E-state index in [1.54, 1.807) is 6.92 Å². The van der Waals surface area contributed by atoms with Gasteiger partial charge in [0.1, 0.15) is 0 Å². The predicted octanol–water partition coefficient (Wildman–Crippen LogP) is -0.768. The first-order valence-electron chi connectivity index (χ1n) is 10.9. The van der Waals surface area contributed by atoms with E-state index in [0.717, 1.165) is 9.80 Å². The Labute approximate surface area is 196 Å².